The van der Waals surface area contributed by atoms with Crippen LogP contribution in [0.25, 0.3) is 22.0 Å². The number of amides is 1. The quantitative estimate of drug-likeness (QED) is 0.474. The number of carbonyl (C=O) groups excluding carboxylic acids is 2. The Morgan fingerprint density at radius 2 is 1.97 bits per heavy atom. The Labute approximate surface area is 184 Å². The topological polar surface area (TPSA) is 51.5 Å². The first kappa shape index (κ1) is 20.4. The molecular weight excluding hydrogens is 444 g/mol. The lowest BCUT2D eigenvalue weighted by Gasteiger charge is -2.38. The molecule has 1 aliphatic heterocycles. The van der Waals surface area contributed by atoms with Crippen LogP contribution < -0.4 is 4.74 Å². The van der Waals surface area contributed by atoms with E-state index in [0.29, 0.717) is 26.1 Å². The average molecular weight is 467 g/mol. The van der Waals surface area contributed by atoms with E-state index in [1.807, 2.05) is 47.2 Å². The van der Waals surface area contributed by atoms with E-state index < -0.39 is 0 Å². The van der Waals surface area contributed by atoms with Crippen molar-refractivity contribution >= 4 is 38.5 Å². The molecule has 0 aliphatic carbocycles. The minimum atomic E-state index is -0.0675. The Bertz CT molecular complexity index is 1130. The Hall–Kier alpha value is -2.86. The fourth-order valence-electron chi connectivity index (χ4n) is 4.07. The molecule has 1 amide bonds. The van der Waals surface area contributed by atoms with E-state index in [1.165, 1.54) is 6.08 Å². The number of hydrogen-bond acceptors (Lipinski definition) is 3. The number of rotatable bonds is 7. The number of aromatic nitrogens is 1. The zero-order valence-corrected chi connectivity index (χ0v) is 18.4. The number of likely N-dealkylation sites (tertiary alicyclic amines) is 1. The molecule has 0 spiro atoms. The Kier molecular flexibility index (Phi) is 5.77. The Morgan fingerprint density at radius 1 is 1.20 bits per heavy atom. The van der Waals surface area contributed by atoms with Crippen molar-refractivity contribution in [1.82, 2.24) is 9.47 Å². The highest BCUT2D eigenvalue weighted by Crippen LogP contribution is 2.37. The summed E-state index contributed by atoms with van der Waals surface area (Å²) in [7, 11) is 1.66. The van der Waals surface area contributed by atoms with Gasteiger partial charge in [0.05, 0.1) is 13.7 Å². The smallest absolute Gasteiger partial charge is 0.245 e. The number of methoxy groups -OCH3 is 1. The second-order valence-electron chi connectivity index (χ2n) is 7.59. The van der Waals surface area contributed by atoms with Gasteiger partial charge >= 0.3 is 0 Å². The zero-order valence-electron chi connectivity index (χ0n) is 16.8. The van der Waals surface area contributed by atoms with Crippen LogP contribution in [0.4, 0.5) is 0 Å². The molecule has 1 aliphatic rings. The number of fused-ring (bicyclic) bond motifs is 1. The van der Waals surface area contributed by atoms with Crippen LogP contribution >= 0.6 is 15.9 Å². The molecule has 0 N–H and O–H groups in total. The molecule has 0 radical (unpaired) electrons. The van der Waals surface area contributed by atoms with Gasteiger partial charge in [-0.2, -0.15) is 0 Å². The molecule has 4 rings (SSSR count). The third-order valence-electron chi connectivity index (χ3n) is 5.55. The zero-order chi connectivity index (χ0) is 21.3. The molecule has 0 bridgehead atoms. The highest BCUT2D eigenvalue weighted by Gasteiger charge is 2.30. The third-order valence-corrected chi connectivity index (χ3v) is 6.04. The first-order valence-electron chi connectivity index (χ1n) is 9.85. The second kappa shape index (κ2) is 8.48. The maximum Gasteiger partial charge on any atom is 0.245 e. The van der Waals surface area contributed by atoms with Crippen molar-refractivity contribution in [1.29, 1.82) is 0 Å². The van der Waals surface area contributed by atoms with Crippen LogP contribution in [0.1, 0.15) is 6.42 Å². The number of benzene rings is 2. The number of ether oxygens (including phenoxy) is 1. The second-order valence-corrected chi connectivity index (χ2v) is 8.50. The summed E-state index contributed by atoms with van der Waals surface area (Å²) >= 11 is 3.56. The molecule has 2 heterocycles. The van der Waals surface area contributed by atoms with Crippen LogP contribution in [0.15, 0.2) is 65.8 Å². The van der Waals surface area contributed by atoms with Gasteiger partial charge in [-0.25, -0.2) is 0 Å². The van der Waals surface area contributed by atoms with Gasteiger partial charge in [0.15, 0.2) is 5.78 Å². The van der Waals surface area contributed by atoms with E-state index in [1.54, 1.807) is 12.0 Å². The predicted octanol–water partition coefficient (Wildman–Crippen LogP) is 4.68. The van der Waals surface area contributed by atoms with E-state index in [4.69, 9.17) is 4.74 Å². The van der Waals surface area contributed by atoms with Crippen molar-refractivity contribution in [2.75, 3.05) is 20.2 Å². The van der Waals surface area contributed by atoms with Gasteiger partial charge < -0.3 is 14.2 Å². The summed E-state index contributed by atoms with van der Waals surface area (Å²) in [5, 5.41) is 1.06. The molecule has 0 atom stereocenters. The van der Waals surface area contributed by atoms with Gasteiger partial charge in [-0.1, -0.05) is 40.7 Å². The average Bonchev–Trinajstić information content (AvgIpc) is 3.06. The van der Waals surface area contributed by atoms with Crippen LogP contribution in [-0.4, -0.2) is 41.4 Å². The van der Waals surface area contributed by atoms with Crippen molar-refractivity contribution in [2.45, 2.75) is 13.0 Å². The molecule has 154 valence electrons. The van der Waals surface area contributed by atoms with Crippen molar-refractivity contribution < 1.29 is 14.3 Å². The summed E-state index contributed by atoms with van der Waals surface area (Å²) in [5.74, 6) is 1.12. The summed E-state index contributed by atoms with van der Waals surface area (Å²) in [6.45, 7) is 5.07. The Balaban J connectivity index is 1.58. The molecule has 6 heteroatoms. The molecule has 30 heavy (non-hydrogen) atoms. The lowest BCUT2D eigenvalue weighted by molar-refractivity contribution is -0.134. The maximum atomic E-state index is 12.8. The first-order chi connectivity index (χ1) is 14.5. The normalized spacial score (nSPS) is 13.9. The molecule has 1 aromatic heterocycles. The predicted molar refractivity (Wildman–Crippen MR) is 122 cm³/mol. The number of ketones is 1. The summed E-state index contributed by atoms with van der Waals surface area (Å²) < 4.78 is 8.55. The van der Waals surface area contributed by atoms with Crippen molar-refractivity contribution in [3.05, 3.63) is 65.8 Å². The minimum absolute atomic E-state index is 0.0675. The molecular formula is C24H23BrN2O3. The lowest BCUT2D eigenvalue weighted by Crippen LogP contribution is -2.50. The highest BCUT2D eigenvalue weighted by molar-refractivity contribution is 9.10. The van der Waals surface area contributed by atoms with E-state index in [-0.39, 0.29) is 17.6 Å². The summed E-state index contributed by atoms with van der Waals surface area (Å²) in [6, 6.07) is 14.0. The largest absolute Gasteiger partial charge is 0.496 e. The van der Waals surface area contributed by atoms with Crippen LogP contribution in [0, 0.1) is 5.92 Å². The van der Waals surface area contributed by atoms with E-state index in [9.17, 15) is 9.59 Å². The number of para-hydroxylation sites is 1. The number of carbonyl (C=O) groups is 2. The monoisotopic (exact) mass is 466 g/mol. The van der Waals surface area contributed by atoms with Gasteiger partial charge in [0.25, 0.3) is 0 Å². The van der Waals surface area contributed by atoms with E-state index in [0.717, 1.165) is 32.3 Å². The number of halogens is 1. The van der Waals surface area contributed by atoms with Crippen LogP contribution in [0.2, 0.25) is 0 Å². The van der Waals surface area contributed by atoms with Gasteiger partial charge in [0, 0.05) is 58.1 Å². The molecule has 2 aromatic carbocycles. The van der Waals surface area contributed by atoms with E-state index >= 15 is 0 Å². The molecule has 0 unspecified atom stereocenters. The van der Waals surface area contributed by atoms with Gasteiger partial charge in [-0.15, -0.1) is 0 Å². The van der Waals surface area contributed by atoms with Gasteiger partial charge in [0.1, 0.15) is 5.75 Å². The van der Waals surface area contributed by atoms with Crippen LogP contribution in [0.5, 0.6) is 5.75 Å². The fourth-order valence-corrected chi connectivity index (χ4v) is 4.43. The summed E-state index contributed by atoms with van der Waals surface area (Å²) in [5.41, 5.74) is 3.03. The van der Waals surface area contributed by atoms with Crippen LogP contribution in [0.3, 0.4) is 0 Å². The van der Waals surface area contributed by atoms with Crippen molar-refractivity contribution in [3.8, 4) is 16.9 Å². The lowest BCUT2D eigenvalue weighted by atomic mass is 9.94. The molecule has 1 fully saturated rings. The fraction of sp³-hybridized carbons (Fsp3) is 0.250. The molecule has 1 saturated heterocycles. The summed E-state index contributed by atoms with van der Waals surface area (Å²) in [4.78, 5) is 26.1. The maximum absolute atomic E-state index is 12.8. The van der Waals surface area contributed by atoms with Gasteiger partial charge in [0.2, 0.25) is 5.91 Å². The summed E-state index contributed by atoms with van der Waals surface area (Å²) in [6.07, 6.45) is 3.82. The van der Waals surface area contributed by atoms with Crippen LogP contribution in [-0.2, 0) is 16.1 Å². The highest BCUT2D eigenvalue weighted by atomic mass is 79.9. The number of hydrogen-bond donors (Lipinski definition) is 0. The molecule has 5 nitrogen and oxygen atoms in total. The number of Topliss-reactive ketones (excluding diaryl/α,β-unsaturated/α-hetero) is 1. The standard InChI is InChI=1S/C24H23BrN2O3/c1-3-24(29)27-12-16(13-27)10-18(28)14-26-15-21(19-6-4-5-7-23(19)30-2)20-11-17(25)8-9-22(20)26/h3-9,11,15-16H,1,10,12-14H2,2H3. The minimum Gasteiger partial charge on any atom is -0.496 e. The van der Waals surface area contributed by atoms with Gasteiger partial charge in [-0.05, 0) is 30.3 Å². The first-order valence-corrected chi connectivity index (χ1v) is 10.6. The number of nitrogens with zero attached hydrogens (tertiary/aromatic N) is 2. The van der Waals surface area contributed by atoms with E-state index in [2.05, 4.69) is 28.6 Å². The van der Waals surface area contributed by atoms with Crippen molar-refractivity contribution in [3.63, 3.8) is 0 Å². The Morgan fingerprint density at radius 3 is 2.70 bits per heavy atom. The van der Waals surface area contributed by atoms with Gasteiger partial charge in [-0.3, -0.25) is 9.59 Å². The SMILES string of the molecule is C=CC(=O)N1CC(CC(=O)Cn2cc(-c3ccccc3OC)c3cc(Br)ccc32)C1. The van der Waals surface area contributed by atoms with Crippen molar-refractivity contribution in [2.24, 2.45) is 5.92 Å². The third kappa shape index (κ3) is 3.92. The molecule has 3 aromatic rings. The molecule has 0 saturated carbocycles.